The van der Waals surface area contributed by atoms with E-state index in [9.17, 15) is 4.79 Å². The van der Waals surface area contributed by atoms with E-state index in [0.29, 0.717) is 19.7 Å². The van der Waals surface area contributed by atoms with Crippen LogP contribution >= 0.6 is 12.6 Å². The average Bonchev–Trinajstić information content (AvgIpc) is 2.01. The van der Waals surface area contributed by atoms with Gasteiger partial charge in [-0.25, -0.2) is 0 Å². The van der Waals surface area contributed by atoms with Crippen LogP contribution < -0.4 is 0 Å². The Morgan fingerprint density at radius 2 is 2.33 bits per heavy atom. The van der Waals surface area contributed by atoms with Gasteiger partial charge in [-0.3, -0.25) is 4.79 Å². The van der Waals surface area contributed by atoms with E-state index in [0.717, 1.165) is 0 Å². The van der Waals surface area contributed by atoms with E-state index < -0.39 is 0 Å². The highest BCUT2D eigenvalue weighted by molar-refractivity contribution is 7.81. The molecule has 0 unspecified atom stereocenters. The third kappa shape index (κ3) is 2.38. The first-order valence-corrected chi connectivity index (χ1v) is 4.71. The maximum atomic E-state index is 11.2. The SMILES string of the molecule is CC1(C)CN(C(=O)CS)CCO1. The molecule has 1 saturated heterocycles. The molecule has 0 saturated carbocycles. The fourth-order valence-electron chi connectivity index (χ4n) is 1.33. The van der Waals surface area contributed by atoms with Gasteiger partial charge in [0.15, 0.2) is 0 Å². The van der Waals surface area contributed by atoms with Crippen molar-refractivity contribution in [1.82, 2.24) is 4.90 Å². The van der Waals surface area contributed by atoms with Crippen LogP contribution in [0.1, 0.15) is 13.8 Å². The lowest BCUT2D eigenvalue weighted by molar-refractivity contribution is -0.143. The van der Waals surface area contributed by atoms with Crippen LogP contribution in [0.2, 0.25) is 0 Å². The Morgan fingerprint density at radius 1 is 1.67 bits per heavy atom. The van der Waals surface area contributed by atoms with Crippen molar-refractivity contribution in [1.29, 1.82) is 0 Å². The van der Waals surface area contributed by atoms with Crippen LogP contribution in [0.15, 0.2) is 0 Å². The smallest absolute Gasteiger partial charge is 0.232 e. The summed E-state index contributed by atoms with van der Waals surface area (Å²) in [5.41, 5.74) is -0.198. The second-order valence-electron chi connectivity index (χ2n) is 3.58. The maximum Gasteiger partial charge on any atom is 0.232 e. The molecule has 0 bridgehead atoms. The number of morpholine rings is 1. The number of hydrogen-bond acceptors (Lipinski definition) is 3. The number of hydrogen-bond donors (Lipinski definition) is 1. The van der Waals surface area contributed by atoms with Crippen molar-refractivity contribution in [2.24, 2.45) is 0 Å². The largest absolute Gasteiger partial charge is 0.372 e. The lowest BCUT2D eigenvalue weighted by Gasteiger charge is -2.37. The standard InChI is InChI=1S/C8H15NO2S/c1-8(2)6-9(3-4-11-8)7(10)5-12/h12H,3-6H2,1-2H3. The first kappa shape index (κ1) is 9.86. The second kappa shape index (κ2) is 3.66. The Bertz CT molecular complexity index is 182. The monoisotopic (exact) mass is 189 g/mol. The Balaban J connectivity index is 2.52. The van der Waals surface area contributed by atoms with Crippen molar-refractivity contribution in [3.63, 3.8) is 0 Å². The number of nitrogens with zero attached hydrogens (tertiary/aromatic N) is 1. The fourth-order valence-corrected chi connectivity index (χ4v) is 1.53. The van der Waals surface area contributed by atoms with Gasteiger partial charge < -0.3 is 9.64 Å². The highest BCUT2D eigenvalue weighted by atomic mass is 32.1. The van der Waals surface area contributed by atoms with Crippen molar-refractivity contribution in [3.05, 3.63) is 0 Å². The summed E-state index contributed by atoms with van der Waals surface area (Å²) < 4.78 is 5.47. The molecule has 0 aromatic heterocycles. The molecule has 3 nitrogen and oxygen atoms in total. The van der Waals surface area contributed by atoms with Gasteiger partial charge in [0, 0.05) is 13.1 Å². The van der Waals surface area contributed by atoms with Crippen molar-refractivity contribution in [2.75, 3.05) is 25.4 Å². The number of carbonyl (C=O) groups is 1. The lowest BCUT2D eigenvalue weighted by atomic mass is 10.1. The van der Waals surface area contributed by atoms with E-state index in [1.54, 1.807) is 4.90 Å². The minimum atomic E-state index is -0.198. The zero-order valence-electron chi connectivity index (χ0n) is 7.54. The first-order valence-electron chi connectivity index (χ1n) is 4.08. The van der Waals surface area contributed by atoms with E-state index in [2.05, 4.69) is 12.6 Å². The van der Waals surface area contributed by atoms with Crippen LogP contribution in [0.4, 0.5) is 0 Å². The molecule has 1 heterocycles. The van der Waals surface area contributed by atoms with E-state index in [1.807, 2.05) is 13.8 Å². The minimum Gasteiger partial charge on any atom is -0.372 e. The number of thiol groups is 1. The van der Waals surface area contributed by atoms with E-state index in [1.165, 1.54) is 0 Å². The average molecular weight is 189 g/mol. The summed E-state index contributed by atoms with van der Waals surface area (Å²) in [7, 11) is 0. The molecule has 4 heteroatoms. The zero-order valence-corrected chi connectivity index (χ0v) is 8.43. The Morgan fingerprint density at radius 3 is 2.83 bits per heavy atom. The van der Waals surface area contributed by atoms with E-state index >= 15 is 0 Å². The molecule has 0 aliphatic carbocycles. The second-order valence-corrected chi connectivity index (χ2v) is 3.90. The van der Waals surface area contributed by atoms with Gasteiger partial charge in [0.2, 0.25) is 5.91 Å². The highest BCUT2D eigenvalue weighted by Crippen LogP contribution is 2.16. The molecule has 0 N–H and O–H groups in total. The Kier molecular flexibility index (Phi) is 3.01. The van der Waals surface area contributed by atoms with Crippen LogP contribution in [-0.2, 0) is 9.53 Å². The molecule has 12 heavy (non-hydrogen) atoms. The normalized spacial score (nSPS) is 22.4. The molecule has 0 aromatic rings. The summed E-state index contributed by atoms with van der Waals surface area (Å²) in [6.45, 7) is 5.98. The minimum absolute atomic E-state index is 0.0923. The van der Waals surface area contributed by atoms with Gasteiger partial charge in [-0.2, -0.15) is 12.6 Å². The predicted octanol–water partition coefficient (Wildman–Crippen LogP) is 0.554. The van der Waals surface area contributed by atoms with E-state index in [-0.39, 0.29) is 17.3 Å². The lowest BCUT2D eigenvalue weighted by Crippen LogP contribution is -2.50. The molecule has 1 rings (SSSR count). The molecular weight excluding hydrogens is 174 g/mol. The molecule has 0 radical (unpaired) electrons. The zero-order chi connectivity index (χ0) is 9.19. The van der Waals surface area contributed by atoms with Gasteiger partial charge in [-0.05, 0) is 13.8 Å². The summed E-state index contributed by atoms with van der Waals surface area (Å²) in [5, 5.41) is 0. The molecule has 1 amide bonds. The molecule has 1 fully saturated rings. The van der Waals surface area contributed by atoms with Gasteiger partial charge in [0.1, 0.15) is 0 Å². The van der Waals surface area contributed by atoms with Crippen molar-refractivity contribution in [2.45, 2.75) is 19.4 Å². The molecule has 0 spiro atoms. The van der Waals surface area contributed by atoms with Crippen molar-refractivity contribution < 1.29 is 9.53 Å². The van der Waals surface area contributed by atoms with Crippen molar-refractivity contribution >= 4 is 18.5 Å². The van der Waals surface area contributed by atoms with Gasteiger partial charge in [-0.15, -0.1) is 0 Å². The summed E-state index contributed by atoms with van der Waals surface area (Å²) in [5.74, 6) is 0.380. The van der Waals surface area contributed by atoms with Gasteiger partial charge in [-0.1, -0.05) is 0 Å². The summed E-state index contributed by atoms with van der Waals surface area (Å²) in [6, 6.07) is 0. The highest BCUT2D eigenvalue weighted by Gasteiger charge is 2.28. The topological polar surface area (TPSA) is 29.5 Å². The number of carbonyl (C=O) groups excluding carboxylic acids is 1. The van der Waals surface area contributed by atoms with Crippen LogP contribution in [0, 0.1) is 0 Å². The van der Waals surface area contributed by atoms with Crippen LogP contribution in [-0.4, -0.2) is 41.9 Å². The fraction of sp³-hybridized carbons (Fsp3) is 0.875. The molecule has 0 aromatic carbocycles. The number of amides is 1. The molecule has 70 valence electrons. The molecule has 1 aliphatic heterocycles. The molecule has 1 aliphatic rings. The third-order valence-corrected chi connectivity index (χ3v) is 2.18. The van der Waals surface area contributed by atoms with Crippen LogP contribution in [0.3, 0.4) is 0 Å². The van der Waals surface area contributed by atoms with Crippen LogP contribution in [0.5, 0.6) is 0 Å². The summed E-state index contributed by atoms with van der Waals surface area (Å²) in [6.07, 6.45) is 0. The van der Waals surface area contributed by atoms with E-state index in [4.69, 9.17) is 4.74 Å². The van der Waals surface area contributed by atoms with Crippen molar-refractivity contribution in [3.8, 4) is 0 Å². The molecule has 0 atom stereocenters. The third-order valence-electron chi connectivity index (χ3n) is 1.91. The number of rotatable bonds is 1. The first-order chi connectivity index (χ1) is 5.55. The summed E-state index contributed by atoms with van der Waals surface area (Å²) in [4.78, 5) is 13.1. The van der Waals surface area contributed by atoms with Crippen LogP contribution in [0.25, 0.3) is 0 Å². The Hall–Kier alpha value is -0.220. The predicted molar refractivity (Wildman–Crippen MR) is 50.5 cm³/mol. The number of ether oxygens (including phenoxy) is 1. The van der Waals surface area contributed by atoms with Gasteiger partial charge in [0.25, 0.3) is 0 Å². The van der Waals surface area contributed by atoms with Gasteiger partial charge in [0.05, 0.1) is 18.0 Å². The quantitative estimate of drug-likeness (QED) is 0.611. The Labute approximate surface area is 78.5 Å². The maximum absolute atomic E-state index is 11.2. The van der Waals surface area contributed by atoms with Gasteiger partial charge >= 0.3 is 0 Å². The molecular formula is C8H15NO2S. The summed E-state index contributed by atoms with van der Waals surface area (Å²) >= 11 is 3.95.